The molecule has 0 aromatic carbocycles. The van der Waals surface area contributed by atoms with Gasteiger partial charge in [0.05, 0.1) is 6.42 Å². The molecule has 16 heavy (non-hydrogen) atoms. The van der Waals surface area contributed by atoms with Crippen molar-refractivity contribution in [1.29, 1.82) is 0 Å². The highest BCUT2D eigenvalue weighted by atomic mass is 16.4. The molecule has 0 aromatic rings. The van der Waals surface area contributed by atoms with Gasteiger partial charge in [-0.3, -0.25) is 9.59 Å². The van der Waals surface area contributed by atoms with Crippen LogP contribution in [0.5, 0.6) is 0 Å². The average molecular weight is 226 g/mol. The van der Waals surface area contributed by atoms with Crippen molar-refractivity contribution in [2.75, 3.05) is 0 Å². The third kappa shape index (κ3) is 5.48. The Labute approximate surface area is 94.9 Å². The van der Waals surface area contributed by atoms with Crippen LogP contribution in [-0.4, -0.2) is 23.2 Å². The maximum atomic E-state index is 11.1. The van der Waals surface area contributed by atoms with Gasteiger partial charge < -0.3 is 5.11 Å². The Bertz CT molecular complexity index is 270. The molecule has 0 heterocycles. The first kappa shape index (κ1) is 12.7. The van der Waals surface area contributed by atoms with Crippen molar-refractivity contribution in [2.45, 2.75) is 44.9 Å². The fourth-order valence-corrected chi connectivity index (χ4v) is 1.77. The Hall–Kier alpha value is -1.39. The molecule has 0 bridgehead atoms. The largest absolute Gasteiger partial charge is 0.481 e. The number of carbonyl (C=O) groups excluding carboxylic acids is 1. The van der Waals surface area contributed by atoms with Crippen molar-refractivity contribution < 1.29 is 14.7 Å². The fraction of sp³-hybridized carbons (Fsp3) is 0.727. The molecule has 1 saturated carbocycles. The highest BCUT2D eigenvalue weighted by Crippen LogP contribution is 2.21. The summed E-state index contributed by atoms with van der Waals surface area (Å²) >= 11 is 0. The molecular weight excluding hydrogens is 208 g/mol. The van der Waals surface area contributed by atoms with Crippen LogP contribution in [0.3, 0.4) is 0 Å². The molecule has 0 radical (unpaired) electrons. The maximum Gasteiger partial charge on any atom is 0.303 e. The molecule has 90 valence electrons. The molecule has 1 fully saturated rings. The zero-order valence-corrected chi connectivity index (χ0v) is 9.32. The lowest BCUT2D eigenvalue weighted by Crippen LogP contribution is -2.19. The summed E-state index contributed by atoms with van der Waals surface area (Å²) in [6.45, 7) is 0. The van der Waals surface area contributed by atoms with Crippen LogP contribution in [0.2, 0.25) is 0 Å². The van der Waals surface area contributed by atoms with Crippen LogP contribution in [0.15, 0.2) is 5.10 Å². The van der Waals surface area contributed by atoms with E-state index in [0.717, 1.165) is 12.8 Å². The number of carboxylic acid groups (broad SMARTS) is 1. The van der Waals surface area contributed by atoms with Gasteiger partial charge in [-0.25, -0.2) is 5.43 Å². The second-order valence-corrected chi connectivity index (χ2v) is 4.10. The molecule has 1 amide bonds. The summed E-state index contributed by atoms with van der Waals surface area (Å²) in [7, 11) is 0. The lowest BCUT2D eigenvalue weighted by atomic mass is 9.90. The Morgan fingerprint density at radius 2 is 1.94 bits per heavy atom. The summed E-state index contributed by atoms with van der Waals surface area (Å²) in [5.74, 6) is -0.839. The zero-order chi connectivity index (χ0) is 11.8. The molecular formula is C11H18N2O3. The second-order valence-electron chi connectivity index (χ2n) is 4.10. The summed E-state index contributed by atoms with van der Waals surface area (Å²) in [6.07, 6.45) is 7.62. The molecule has 0 aromatic heterocycles. The molecule has 0 spiro atoms. The topological polar surface area (TPSA) is 78.8 Å². The monoisotopic (exact) mass is 226 g/mol. The second kappa shape index (κ2) is 6.98. The molecule has 5 heteroatoms. The summed E-state index contributed by atoms with van der Waals surface area (Å²) in [5.41, 5.74) is 2.35. The first-order chi connectivity index (χ1) is 7.68. The third-order valence-electron chi connectivity index (χ3n) is 2.69. The summed E-state index contributed by atoms with van der Waals surface area (Å²) < 4.78 is 0. The van der Waals surface area contributed by atoms with Crippen molar-refractivity contribution in [2.24, 2.45) is 11.0 Å². The number of nitrogens with one attached hydrogen (secondary N) is 1. The van der Waals surface area contributed by atoms with Gasteiger partial charge in [-0.1, -0.05) is 19.3 Å². The van der Waals surface area contributed by atoms with E-state index < -0.39 is 5.97 Å². The third-order valence-corrected chi connectivity index (χ3v) is 2.69. The van der Waals surface area contributed by atoms with Crippen LogP contribution in [0, 0.1) is 5.92 Å². The van der Waals surface area contributed by atoms with Crippen LogP contribution in [0.1, 0.15) is 44.9 Å². The Morgan fingerprint density at radius 1 is 1.25 bits per heavy atom. The number of hydrogen-bond donors (Lipinski definition) is 2. The first-order valence-electron chi connectivity index (χ1n) is 5.72. The predicted octanol–water partition coefficient (Wildman–Crippen LogP) is 1.53. The van der Waals surface area contributed by atoms with E-state index in [0.29, 0.717) is 5.92 Å². The van der Waals surface area contributed by atoms with E-state index in [1.54, 1.807) is 6.21 Å². The highest BCUT2D eigenvalue weighted by Gasteiger charge is 2.10. The summed E-state index contributed by atoms with van der Waals surface area (Å²) in [4.78, 5) is 21.3. The molecule has 5 nitrogen and oxygen atoms in total. The molecule has 0 aliphatic heterocycles. The zero-order valence-electron chi connectivity index (χ0n) is 9.32. The van der Waals surface area contributed by atoms with E-state index >= 15 is 0 Å². The van der Waals surface area contributed by atoms with Crippen molar-refractivity contribution >= 4 is 18.1 Å². The maximum absolute atomic E-state index is 11.1. The minimum Gasteiger partial charge on any atom is -0.481 e. The van der Waals surface area contributed by atoms with Gasteiger partial charge in [0.15, 0.2) is 0 Å². The van der Waals surface area contributed by atoms with Crippen molar-refractivity contribution in [3.05, 3.63) is 0 Å². The number of carbonyl (C=O) groups is 2. The lowest BCUT2D eigenvalue weighted by Gasteiger charge is -2.16. The molecule has 0 atom stereocenters. The number of aliphatic carboxylic acids is 1. The minimum atomic E-state index is -0.966. The van der Waals surface area contributed by atoms with Gasteiger partial charge in [-0.15, -0.1) is 0 Å². The van der Waals surface area contributed by atoms with E-state index in [1.807, 2.05) is 0 Å². The lowest BCUT2D eigenvalue weighted by molar-refractivity contribution is -0.138. The van der Waals surface area contributed by atoms with Crippen LogP contribution in [0.25, 0.3) is 0 Å². The molecule has 2 N–H and O–H groups in total. The highest BCUT2D eigenvalue weighted by molar-refractivity contribution is 5.81. The van der Waals surface area contributed by atoms with Gasteiger partial charge in [-0.05, 0) is 18.8 Å². The Morgan fingerprint density at radius 3 is 2.56 bits per heavy atom. The van der Waals surface area contributed by atoms with Crippen LogP contribution >= 0.6 is 0 Å². The quantitative estimate of drug-likeness (QED) is 0.551. The van der Waals surface area contributed by atoms with Gasteiger partial charge in [-0.2, -0.15) is 5.10 Å². The number of rotatable bonds is 5. The number of hydrazone groups is 1. The Kier molecular flexibility index (Phi) is 5.53. The predicted molar refractivity (Wildman–Crippen MR) is 60.1 cm³/mol. The minimum absolute atomic E-state index is 0.0165. The van der Waals surface area contributed by atoms with Gasteiger partial charge in [0, 0.05) is 12.6 Å². The number of hydrogen-bond acceptors (Lipinski definition) is 3. The SMILES string of the molecule is O=C(O)CCC(=O)N/N=C/C1CCCCC1. The number of amides is 1. The smallest absolute Gasteiger partial charge is 0.303 e. The van der Waals surface area contributed by atoms with E-state index in [-0.39, 0.29) is 18.7 Å². The molecule has 0 unspecified atom stereocenters. The summed E-state index contributed by atoms with van der Waals surface area (Å²) in [5, 5.41) is 12.2. The molecule has 1 aliphatic carbocycles. The molecule has 1 rings (SSSR count). The van der Waals surface area contributed by atoms with Gasteiger partial charge in [0.25, 0.3) is 0 Å². The average Bonchev–Trinajstić information content (AvgIpc) is 2.28. The fourth-order valence-electron chi connectivity index (χ4n) is 1.77. The normalized spacial score (nSPS) is 17.5. The van der Waals surface area contributed by atoms with Crippen molar-refractivity contribution in [1.82, 2.24) is 5.43 Å². The van der Waals surface area contributed by atoms with Crippen molar-refractivity contribution in [3.63, 3.8) is 0 Å². The van der Waals surface area contributed by atoms with E-state index in [9.17, 15) is 9.59 Å². The van der Waals surface area contributed by atoms with E-state index in [4.69, 9.17) is 5.11 Å². The van der Waals surface area contributed by atoms with E-state index in [1.165, 1.54) is 19.3 Å². The van der Waals surface area contributed by atoms with Crippen molar-refractivity contribution in [3.8, 4) is 0 Å². The van der Waals surface area contributed by atoms with Crippen LogP contribution < -0.4 is 5.43 Å². The van der Waals surface area contributed by atoms with Gasteiger partial charge >= 0.3 is 5.97 Å². The first-order valence-corrected chi connectivity index (χ1v) is 5.72. The Balaban J connectivity index is 2.14. The van der Waals surface area contributed by atoms with Crippen LogP contribution in [-0.2, 0) is 9.59 Å². The van der Waals surface area contributed by atoms with Gasteiger partial charge in [0.2, 0.25) is 5.91 Å². The number of nitrogens with zero attached hydrogens (tertiary/aromatic N) is 1. The molecule has 1 aliphatic rings. The number of carboxylic acids is 1. The van der Waals surface area contributed by atoms with E-state index in [2.05, 4.69) is 10.5 Å². The summed E-state index contributed by atoms with van der Waals surface area (Å²) in [6, 6.07) is 0. The standard InChI is InChI=1S/C11H18N2O3/c14-10(6-7-11(15)16)13-12-8-9-4-2-1-3-5-9/h8-9H,1-7H2,(H,13,14)(H,15,16)/b12-8+. The van der Waals surface area contributed by atoms with Crippen LogP contribution in [0.4, 0.5) is 0 Å². The van der Waals surface area contributed by atoms with Gasteiger partial charge in [0.1, 0.15) is 0 Å². The molecule has 0 saturated heterocycles.